The number of rotatable bonds is 6. The lowest BCUT2D eigenvalue weighted by Crippen LogP contribution is -3.00. The monoisotopic (exact) mass is 371 g/mol. The zero-order chi connectivity index (χ0) is 16.5. The van der Waals surface area contributed by atoms with Gasteiger partial charge in [0.25, 0.3) is 0 Å². The number of tetrazole rings is 1. The van der Waals surface area contributed by atoms with Crippen molar-refractivity contribution >= 4 is 11.8 Å². The molecule has 2 aromatic carbocycles. The predicted octanol–water partition coefficient (Wildman–Crippen LogP) is -1.63. The molecule has 5 nitrogen and oxygen atoms in total. The van der Waals surface area contributed by atoms with Crippen LogP contribution in [0.15, 0.2) is 65.8 Å². The van der Waals surface area contributed by atoms with Crippen LogP contribution >= 0.6 is 11.8 Å². The lowest BCUT2D eigenvalue weighted by atomic mass is 10.2. The Morgan fingerprint density at radius 3 is 2.48 bits per heavy atom. The highest BCUT2D eigenvalue weighted by Gasteiger charge is 2.08. The van der Waals surface area contributed by atoms with Gasteiger partial charge in [0.05, 0.1) is 18.0 Å². The van der Waals surface area contributed by atoms with Gasteiger partial charge in [-0.1, -0.05) is 54.1 Å². The number of hydrogen-bond donors (Lipinski definition) is 1. The van der Waals surface area contributed by atoms with Crippen molar-refractivity contribution in [2.45, 2.75) is 5.16 Å². The fourth-order valence-corrected chi connectivity index (χ4v) is 2.91. The molecule has 0 atom stereocenters. The fourth-order valence-electron chi connectivity index (χ4n) is 2.08. The summed E-state index contributed by atoms with van der Waals surface area (Å²) in [7, 11) is 0. The number of halogens is 1. The van der Waals surface area contributed by atoms with Crippen molar-refractivity contribution in [2.24, 2.45) is 0 Å². The van der Waals surface area contributed by atoms with Gasteiger partial charge < -0.3 is 17.7 Å². The van der Waals surface area contributed by atoms with Crippen LogP contribution in [0.2, 0.25) is 0 Å². The Hall–Kier alpha value is -2.33. The zero-order valence-corrected chi connectivity index (χ0v) is 15.1. The average molecular weight is 372 g/mol. The highest BCUT2D eigenvalue weighted by atomic mass is 35.5. The number of nitrogens with zero attached hydrogens (tertiary/aromatic N) is 4. The van der Waals surface area contributed by atoms with Gasteiger partial charge in [0.2, 0.25) is 5.16 Å². The van der Waals surface area contributed by atoms with E-state index in [-0.39, 0.29) is 12.4 Å². The van der Waals surface area contributed by atoms with Gasteiger partial charge >= 0.3 is 0 Å². The molecule has 0 saturated carbocycles. The molecule has 0 saturated heterocycles. The molecule has 0 bridgehead atoms. The molecule has 0 aliphatic heterocycles. The van der Waals surface area contributed by atoms with Gasteiger partial charge in [-0.2, -0.15) is 4.68 Å². The van der Waals surface area contributed by atoms with Crippen LogP contribution in [-0.2, 0) is 0 Å². The molecule has 0 unspecified atom stereocenters. The third kappa shape index (κ3) is 5.91. The Balaban J connectivity index is 0.00000225. The van der Waals surface area contributed by atoms with E-state index in [1.807, 2.05) is 60.7 Å². The summed E-state index contributed by atoms with van der Waals surface area (Å²) in [5.41, 5.74) is 2.03. The van der Waals surface area contributed by atoms with Crippen molar-refractivity contribution in [1.82, 2.24) is 20.2 Å². The summed E-state index contributed by atoms with van der Waals surface area (Å²) < 4.78 is 1.76. The Morgan fingerprint density at radius 2 is 1.72 bits per heavy atom. The fraction of sp³-hybridized carbons (Fsp3) is 0.167. The number of hydrogen-bond acceptors (Lipinski definition) is 4. The van der Waals surface area contributed by atoms with Crippen LogP contribution in [0.5, 0.6) is 0 Å². The maximum Gasteiger partial charge on any atom is 0.214 e. The quantitative estimate of drug-likeness (QED) is 0.321. The molecular weight excluding hydrogens is 354 g/mol. The summed E-state index contributed by atoms with van der Waals surface area (Å²) in [6, 6.07) is 20.0. The third-order valence-electron chi connectivity index (χ3n) is 3.25. The summed E-state index contributed by atoms with van der Waals surface area (Å²) in [6.45, 7) is 1.76. The zero-order valence-electron chi connectivity index (χ0n) is 13.5. The lowest BCUT2D eigenvalue weighted by molar-refractivity contribution is -0.639. The predicted molar refractivity (Wildman–Crippen MR) is 94.9 cm³/mol. The van der Waals surface area contributed by atoms with E-state index in [9.17, 15) is 0 Å². The second-order valence-corrected chi connectivity index (χ2v) is 6.07. The molecule has 2 N–H and O–H groups in total. The first kappa shape index (κ1) is 19.0. The highest BCUT2D eigenvalue weighted by molar-refractivity contribution is 7.99. The topological polar surface area (TPSA) is 60.2 Å². The molecule has 3 rings (SSSR count). The van der Waals surface area contributed by atoms with Crippen LogP contribution in [0, 0.1) is 11.8 Å². The number of quaternary nitrogens is 1. The van der Waals surface area contributed by atoms with Crippen LogP contribution in [0.4, 0.5) is 0 Å². The molecule has 0 amide bonds. The van der Waals surface area contributed by atoms with Crippen molar-refractivity contribution in [3.8, 4) is 17.5 Å². The van der Waals surface area contributed by atoms with Crippen LogP contribution < -0.4 is 17.7 Å². The van der Waals surface area contributed by atoms with E-state index in [0.717, 1.165) is 35.2 Å². The van der Waals surface area contributed by atoms with Crippen LogP contribution in [0.25, 0.3) is 5.69 Å². The minimum atomic E-state index is 0. The molecule has 25 heavy (non-hydrogen) atoms. The molecule has 1 heterocycles. The van der Waals surface area contributed by atoms with Crippen molar-refractivity contribution < 1.29 is 17.7 Å². The first-order valence-electron chi connectivity index (χ1n) is 7.76. The molecular formula is C18H18ClN5S. The molecule has 3 aromatic rings. The maximum atomic E-state index is 4.09. The normalized spacial score (nSPS) is 9.76. The average Bonchev–Trinajstić information content (AvgIpc) is 3.11. The first-order valence-corrected chi connectivity index (χ1v) is 8.74. The Kier molecular flexibility index (Phi) is 7.99. The van der Waals surface area contributed by atoms with E-state index in [2.05, 4.69) is 32.7 Å². The van der Waals surface area contributed by atoms with Gasteiger partial charge in [0, 0.05) is 5.56 Å². The Bertz CT molecular complexity index is 811. The van der Waals surface area contributed by atoms with Gasteiger partial charge in [0.1, 0.15) is 6.54 Å². The Morgan fingerprint density at radius 1 is 1.00 bits per heavy atom. The van der Waals surface area contributed by atoms with Gasteiger partial charge in [-0.3, -0.25) is 0 Å². The number of para-hydroxylation sites is 1. The summed E-state index contributed by atoms with van der Waals surface area (Å²) >= 11 is 1.65. The van der Waals surface area contributed by atoms with Crippen LogP contribution in [-0.4, -0.2) is 39.0 Å². The van der Waals surface area contributed by atoms with Crippen molar-refractivity contribution in [3.63, 3.8) is 0 Å². The Labute approximate surface area is 157 Å². The largest absolute Gasteiger partial charge is 1.00 e. The second-order valence-electron chi connectivity index (χ2n) is 5.01. The van der Waals surface area contributed by atoms with E-state index < -0.39 is 0 Å². The molecule has 0 fully saturated rings. The summed E-state index contributed by atoms with van der Waals surface area (Å²) in [6.07, 6.45) is 0. The standard InChI is InChI=1S/C18H17N5S.ClH/c1-3-8-16(9-4-1)10-7-13-19-14-15-24-18-20-21-22-23(18)17-11-5-2-6-12-17;/h1-6,8-9,11-12,19H,13-15H2;1H. The van der Waals surface area contributed by atoms with Crippen molar-refractivity contribution in [2.75, 3.05) is 18.8 Å². The van der Waals surface area contributed by atoms with E-state index in [4.69, 9.17) is 0 Å². The summed E-state index contributed by atoms with van der Waals surface area (Å²) in [5, 5.41) is 14.9. The smallest absolute Gasteiger partial charge is 0.214 e. The molecule has 0 aliphatic carbocycles. The molecule has 7 heteroatoms. The molecule has 1 aromatic heterocycles. The number of nitrogens with two attached hydrogens (primary N) is 1. The SMILES string of the molecule is C(#Cc1ccccc1)C[NH2+]CCSc1nnnn1-c1ccccc1.[Cl-]. The highest BCUT2D eigenvalue weighted by Crippen LogP contribution is 2.16. The minimum Gasteiger partial charge on any atom is -1.00 e. The second kappa shape index (κ2) is 10.5. The van der Waals surface area contributed by atoms with E-state index in [1.165, 1.54) is 0 Å². The van der Waals surface area contributed by atoms with Crippen molar-refractivity contribution in [3.05, 3.63) is 66.2 Å². The molecule has 0 radical (unpaired) electrons. The number of aromatic nitrogens is 4. The minimum absolute atomic E-state index is 0. The van der Waals surface area contributed by atoms with Gasteiger partial charge in [-0.05, 0) is 40.6 Å². The summed E-state index contributed by atoms with van der Waals surface area (Å²) in [4.78, 5) is 0. The van der Waals surface area contributed by atoms with E-state index in [0.29, 0.717) is 0 Å². The molecule has 128 valence electrons. The number of benzene rings is 2. The van der Waals surface area contributed by atoms with Gasteiger partial charge in [-0.15, -0.1) is 5.10 Å². The van der Waals surface area contributed by atoms with Crippen LogP contribution in [0.3, 0.4) is 0 Å². The maximum absolute atomic E-state index is 4.09. The van der Waals surface area contributed by atoms with Gasteiger partial charge in [-0.25, -0.2) is 0 Å². The van der Waals surface area contributed by atoms with E-state index >= 15 is 0 Å². The molecule has 0 aliphatic rings. The molecule has 0 spiro atoms. The first-order chi connectivity index (χ1) is 11.9. The third-order valence-corrected chi connectivity index (χ3v) is 4.20. The lowest BCUT2D eigenvalue weighted by Gasteiger charge is -2.03. The van der Waals surface area contributed by atoms with E-state index in [1.54, 1.807) is 16.4 Å². The van der Waals surface area contributed by atoms with Crippen molar-refractivity contribution in [1.29, 1.82) is 0 Å². The van der Waals surface area contributed by atoms with Gasteiger partial charge in [0.15, 0.2) is 0 Å². The van der Waals surface area contributed by atoms with Crippen LogP contribution in [0.1, 0.15) is 5.56 Å². The summed E-state index contributed by atoms with van der Waals surface area (Å²) in [5.74, 6) is 7.26. The number of thioether (sulfide) groups is 1.